The number of aliphatic hydroxyl groups is 4. The lowest BCUT2D eigenvalue weighted by molar-refractivity contribution is -0.377. The van der Waals surface area contributed by atoms with E-state index in [4.69, 9.17) is 56.8 Å². The molecule has 5 N–H and O–H groups in total. The Bertz CT molecular complexity index is 1760. The van der Waals surface area contributed by atoms with Crippen LogP contribution in [0.15, 0.2) is 0 Å². The van der Waals surface area contributed by atoms with E-state index in [0.29, 0.717) is 51.4 Å². The summed E-state index contributed by atoms with van der Waals surface area (Å²) in [6.45, 7) is 19.3. The molecular formula is C51H86O18. The normalized spacial score (nSPS) is 54.5. The fraction of sp³-hybridized carbons (Fsp3) is 0.980. The number of hydrogen-bond acceptors (Lipinski definition) is 17. The Hall–Kier alpha value is -1.17. The van der Waals surface area contributed by atoms with Gasteiger partial charge in [-0.05, 0) is 79.1 Å². The highest BCUT2D eigenvalue weighted by atomic mass is 16.7. The van der Waals surface area contributed by atoms with Gasteiger partial charge in [0.1, 0.15) is 12.2 Å². The first-order chi connectivity index (χ1) is 32.3. The average Bonchev–Trinajstić information content (AvgIpc) is 3.99. The Morgan fingerprint density at radius 1 is 0.710 bits per heavy atom. The Labute approximate surface area is 408 Å². The van der Waals surface area contributed by atoms with Crippen molar-refractivity contribution < 1.29 is 87.2 Å². The molecule has 8 fully saturated rings. The van der Waals surface area contributed by atoms with Gasteiger partial charge in [-0.15, -0.1) is 0 Å². The zero-order chi connectivity index (χ0) is 50.2. The average molecular weight is 987 g/mol. The molecule has 26 atom stereocenters. The molecule has 0 radical (unpaired) electrons. The van der Waals surface area contributed by atoms with Crippen LogP contribution in [0.2, 0.25) is 0 Å². The van der Waals surface area contributed by atoms with Crippen LogP contribution in [0.4, 0.5) is 0 Å². The summed E-state index contributed by atoms with van der Waals surface area (Å²) in [6.07, 6.45) is -2.96. The Morgan fingerprint density at radius 3 is 2.07 bits per heavy atom. The number of carboxylic acid groups (broad SMARTS) is 1. The van der Waals surface area contributed by atoms with E-state index >= 15 is 0 Å². The van der Waals surface area contributed by atoms with E-state index < -0.39 is 120 Å². The van der Waals surface area contributed by atoms with E-state index in [-0.39, 0.29) is 54.9 Å². The van der Waals surface area contributed by atoms with Crippen molar-refractivity contribution in [1.29, 1.82) is 0 Å². The van der Waals surface area contributed by atoms with Gasteiger partial charge in [-0.2, -0.15) is 0 Å². The number of methoxy groups -OCH3 is 2. The van der Waals surface area contributed by atoms with Gasteiger partial charge in [0, 0.05) is 70.0 Å². The lowest BCUT2D eigenvalue weighted by Gasteiger charge is -2.54. The first kappa shape index (κ1) is 54.1. The highest BCUT2D eigenvalue weighted by molar-refractivity contribution is 5.68. The second-order valence-corrected chi connectivity index (χ2v) is 23.2. The minimum atomic E-state index is -2.14. The van der Waals surface area contributed by atoms with Crippen molar-refractivity contribution in [3.8, 4) is 0 Å². The third-order valence-electron chi connectivity index (χ3n) is 18.1. The SMILES string of the molecule is CO[C@@H]1[C@@H](OC2CC[C@H](O)[C@@H](C)O2)[C@H](C)[C@@](O)(CC(=O)O)O[C@H]1[C@H](C)[C@H]1O[C@@]2(CC[C@@](C)([C@H]3CC[C@@](C)([C@@H]4O[C@@H]([C@H]5O[C@](C)(O)[C@H](C)C[C@@H]5C)CC4OC4CC[C@H](OC)[C@@H](C)O4)O3)O2)C[C@H](O)[C@H]1C. The first-order valence-electron chi connectivity index (χ1n) is 26.1. The lowest BCUT2D eigenvalue weighted by Crippen LogP contribution is -2.66. The predicted octanol–water partition coefficient (Wildman–Crippen LogP) is 4.95. The van der Waals surface area contributed by atoms with E-state index in [1.807, 2.05) is 27.7 Å². The van der Waals surface area contributed by atoms with Crippen molar-refractivity contribution in [2.24, 2.45) is 29.6 Å². The van der Waals surface area contributed by atoms with Crippen LogP contribution in [0.25, 0.3) is 0 Å². The molecule has 8 aliphatic heterocycles. The smallest absolute Gasteiger partial charge is 0.308 e. The van der Waals surface area contributed by atoms with Crippen molar-refractivity contribution in [2.45, 2.75) is 273 Å². The summed E-state index contributed by atoms with van der Waals surface area (Å²) >= 11 is 0. The molecule has 69 heavy (non-hydrogen) atoms. The number of hydrogen-bond donors (Lipinski definition) is 5. The minimum Gasteiger partial charge on any atom is -0.481 e. The number of aliphatic hydroxyl groups excluding tert-OH is 2. The van der Waals surface area contributed by atoms with Gasteiger partial charge in [0.05, 0.1) is 90.9 Å². The van der Waals surface area contributed by atoms with Crippen molar-refractivity contribution in [3.63, 3.8) is 0 Å². The summed E-state index contributed by atoms with van der Waals surface area (Å²) < 4.78 is 78.9. The summed E-state index contributed by atoms with van der Waals surface area (Å²) in [7, 11) is 3.23. The third-order valence-corrected chi connectivity index (χ3v) is 18.1. The monoisotopic (exact) mass is 987 g/mol. The molecule has 3 unspecified atom stereocenters. The molecule has 398 valence electrons. The van der Waals surface area contributed by atoms with E-state index in [2.05, 4.69) is 20.8 Å². The minimum absolute atomic E-state index is 0.0120. The largest absolute Gasteiger partial charge is 0.481 e. The Kier molecular flexibility index (Phi) is 16.1. The van der Waals surface area contributed by atoms with Crippen molar-refractivity contribution >= 4 is 5.97 Å². The van der Waals surface area contributed by atoms with Crippen molar-refractivity contribution in [1.82, 2.24) is 0 Å². The van der Waals surface area contributed by atoms with Crippen LogP contribution in [0.3, 0.4) is 0 Å². The molecule has 8 saturated heterocycles. The van der Waals surface area contributed by atoms with Gasteiger partial charge in [-0.3, -0.25) is 4.79 Å². The van der Waals surface area contributed by atoms with E-state index in [1.54, 1.807) is 27.9 Å². The van der Waals surface area contributed by atoms with Gasteiger partial charge in [0.15, 0.2) is 29.9 Å². The number of ether oxygens (including phenoxy) is 12. The molecule has 1 spiro atoms. The highest BCUT2D eigenvalue weighted by Gasteiger charge is 2.64. The maximum atomic E-state index is 12.2. The number of aliphatic carboxylic acids is 1. The zero-order valence-corrected chi connectivity index (χ0v) is 43.2. The standard InChI is InChI=1S/C51H86O18/c1-25-21-26(2)49(10,56)66-41(25)35-22-36(62-39-16-14-34(58-11)31(7)61-39)46(63-35)48(9)18-17-37(65-48)47(8)19-20-50(69-47)23-33(53)27(3)42(67-50)28(4)43-45(59-12)44(29(5)51(57,68-43)24-38(54)55)64-40-15-13-32(52)30(6)60-40/h25-37,39-46,52-53,56-57H,13-24H2,1-12H3,(H,54,55)/t25-,26+,27+,28+,29-,30+,31+,32-,33-,34-,35+,36?,37+,39?,40?,41-,42-,43-,44-,45-,46+,47-,48-,49-,50+,51+/m0/s1. The molecule has 0 aromatic rings. The van der Waals surface area contributed by atoms with Gasteiger partial charge >= 0.3 is 5.97 Å². The molecule has 0 aromatic heterocycles. The zero-order valence-electron chi connectivity index (χ0n) is 43.2. The summed E-state index contributed by atoms with van der Waals surface area (Å²) in [5.41, 5.74) is -1.60. The fourth-order valence-corrected chi connectivity index (χ4v) is 13.4. The van der Waals surface area contributed by atoms with Crippen LogP contribution in [-0.2, 0) is 61.6 Å². The number of carboxylic acids is 1. The van der Waals surface area contributed by atoms with Gasteiger partial charge in [0.25, 0.3) is 0 Å². The molecule has 0 amide bonds. The second kappa shape index (κ2) is 20.5. The predicted molar refractivity (Wildman–Crippen MR) is 245 cm³/mol. The van der Waals surface area contributed by atoms with Crippen LogP contribution in [0, 0.1) is 29.6 Å². The summed E-state index contributed by atoms with van der Waals surface area (Å²) in [5.74, 6) is -7.61. The van der Waals surface area contributed by atoms with E-state index in [9.17, 15) is 30.3 Å². The molecule has 0 aliphatic carbocycles. The summed E-state index contributed by atoms with van der Waals surface area (Å²) in [6, 6.07) is 0. The molecule has 18 heteroatoms. The molecule has 0 aromatic carbocycles. The van der Waals surface area contributed by atoms with Crippen LogP contribution >= 0.6 is 0 Å². The third kappa shape index (κ3) is 10.7. The van der Waals surface area contributed by atoms with Crippen LogP contribution in [0.1, 0.15) is 146 Å². The van der Waals surface area contributed by atoms with Gasteiger partial charge in [-0.25, -0.2) is 0 Å². The Morgan fingerprint density at radius 2 is 1.41 bits per heavy atom. The van der Waals surface area contributed by atoms with E-state index in [1.165, 1.54) is 7.11 Å². The van der Waals surface area contributed by atoms with Gasteiger partial charge in [0.2, 0.25) is 0 Å². The summed E-state index contributed by atoms with van der Waals surface area (Å²) in [5, 5.41) is 55.5. The van der Waals surface area contributed by atoms with Crippen molar-refractivity contribution in [2.75, 3.05) is 14.2 Å². The topological polar surface area (TPSA) is 229 Å². The maximum Gasteiger partial charge on any atom is 0.308 e. The molecule has 8 rings (SSSR count). The van der Waals surface area contributed by atoms with Crippen LogP contribution < -0.4 is 0 Å². The lowest BCUT2D eigenvalue weighted by atomic mass is 9.75. The van der Waals surface area contributed by atoms with Crippen LogP contribution in [-0.4, -0.2) is 172 Å². The van der Waals surface area contributed by atoms with Crippen LogP contribution in [0.5, 0.6) is 0 Å². The molecule has 8 aliphatic rings. The molecule has 0 bridgehead atoms. The van der Waals surface area contributed by atoms with Crippen molar-refractivity contribution in [3.05, 3.63) is 0 Å². The number of rotatable bonds is 13. The molecule has 8 heterocycles. The molecular weight excluding hydrogens is 901 g/mol. The Balaban J connectivity index is 0.992. The fourth-order valence-electron chi connectivity index (χ4n) is 13.4. The molecule has 0 saturated carbocycles. The second-order valence-electron chi connectivity index (χ2n) is 23.2. The first-order valence-corrected chi connectivity index (χ1v) is 26.1. The maximum absolute atomic E-state index is 12.2. The van der Waals surface area contributed by atoms with Gasteiger partial charge in [-0.1, -0.05) is 34.6 Å². The highest BCUT2D eigenvalue weighted by Crippen LogP contribution is 2.55. The van der Waals surface area contributed by atoms with Gasteiger partial charge < -0.3 is 82.4 Å². The number of carbonyl (C=O) groups is 1. The molecule has 18 nitrogen and oxygen atoms in total. The summed E-state index contributed by atoms with van der Waals surface area (Å²) in [4.78, 5) is 12.2. The van der Waals surface area contributed by atoms with E-state index in [0.717, 1.165) is 12.8 Å². The quantitative estimate of drug-likeness (QED) is 0.164.